The van der Waals surface area contributed by atoms with Gasteiger partial charge in [0.1, 0.15) is 0 Å². The van der Waals surface area contributed by atoms with Crippen molar-refractivity contribution in [3.63, 3.8) is 0 Å². The number of aliphatic hydroxyl groups excluding tert-OH is 2. The summed E-state index contributed by atoms with van der Waals surface area (Å²) in [4.78, 5) is 0.706. The van der Waals surface area contributed by atoms with Crippen molar-refractivity contribution in [2.24, 2.45) is 0 Å². The van der Waals surface area contributed by atoms with E-state index in [1.54, 1.807) is 24.3 Å². The van der Waals surface area contributed by atoms with Gasteiger partial charge in [-0.3, -0.25) is 0 Å². The molecule has 0 saturated heterocycles. The van der Waals surface area contributed by atoms with Crippen LogP contribution in [0.4, 0.5) is 14.5 Å². The fourth-order valence-electron chi connectivity index (χ4n) is 1.18. The lowest BCUT2D eigenvalue weighted by Gasteiger charge is -2.13. The van der Waals surface area contributed by atoms with Gasteiger partial charge in [-0.15, -0.1) is 11.8 Å². The number of rotatable bonds is 7. The number of hydrogen-bond acceptors (Lipinski definition) is 4. The first-order valence-corrected chi connectivity index (χ1v) is 6.14. The molecule has 1 aromatic carbocycles. The van der Waals surface area contributed by atoms with Gasteiger partial charge in [0.05, 0.1) is 18.5 Å². The topological polar surface area (TPSA) is 52.5 Å². The van der Waals surface area contributed by atoms with E-state index >= 15 is 0 Å². The quantitative estimate of drug-likeness (QED) is 0.657. The Hall–Kier alpha value is -0.850. The fourth-order valence-corrected chi connectivity index (χ4v) is 1.96. The summed E-state index contributed by atoms with van der Waals surface area (Å²) in [5, 5.41) is 20.8. The molecule has 0 aliphatic heterocycles. The summed E-state index contributed by atoms with van der Waals surface area (Å²) in [6.07, 6.45) is -3.21. The standard InChI is InChI=1S/C11H15F2NO2S/c12-11(13)7-17-10-4-2-1-3-9(10)14-5-8(16)6-15/h1-4,8,11,14-16H,5-7H2. The molecule has 6 heteroatoms. The molecule has 1 aromatic rings. The van der Waals surface area contributed by atoms with Crippen LogP contribution in [0.3, 0.4) is 0 Å². The van der Waals surface area contributed by atoms with Gasteiger partial charge in [0.15, 0.2) is 0 Å². The highest BCUT2D eigenvalue weighted by Crippen LogP contribution is 2.28. The summed E-state index contributed by atoms with van der Waals surface area (Å²) in [5.74, 6) is -0.263. The normalized spacial score (nSPS) is 12.8. The Morgan fingerprint density at radius 1 is 1.29 bits per heavy atom. The lowest BCUT2D eigenvalue weighted by Crippen LogP contribution is -2.23. The third-order valence-corrected chi connectivity index (χ3v) is 3.08. The summed E-state index contributed by atoms with van der Waals surface area (Å²) in [7, 11) is 0. The maximum atomic E-state index is 12.1. The first kappa shape index (κ1) is 14.2. The Kier molecular flexibility index (Phi) is 6.25. The van der Waals surface area contributed by atoms with Crippen LogP contribution in [0.15, 0.2) is 29.2 Å². The van der Waals surface area contributed by atoms with Crippen molar-refractivity contribution < 1.29 is 19.0 Å². The van der Waals surface area contributed by atoms with Crippen LogP contribution in [0.25, 0.3) is 0 Å². The summed E-state index contributed by atoms with van der Waals surface area (Å²) < 4.78 is 24.2. The van der Waals surface area contributed by atoms with Crippen LogP contribution in [0.1, 0.15) is 0 Å². The minimum absolute atomic E-state index is 0.183. The van der Waals surface area contributed by atoms with Gasteiger partial charge in [-0.1, -0.05) is 12.1 Å². The summed E-state index contributed by atoms with van der Waals surface area (Å²) >= 11 is 1.06. The fraction of sp³-hybridized carbons (Fsp3) is 0.455. The number of anilines is 1. The van der Waals surface area contributed by atoms with E-state index < -0.39 is 12.5 Å². The van der Waals surface area contributed by atoms with Crippen molar-refractivity contribution >= 4 is 17.4 Å². The molecule has 0 aromatic heterocycles. The number of alkyl halides is 2. The zero-order chi connectivity index (χ0) is 12.7. The molecule has 0 fully saturated rings. The summed E-state index contributed by atoms with van der Waals surface area (Å²) in [5.41, 5.74) is 0.686. The number of aliphatic hydroxyl groups is 2. The molecule has 0 radical (unpaired) electrons. The molecule has 0 heterocycles. The third-order valence-electron chi connectivity index (χ3n) is 1.99. The Morgan fingerprint density at radius 2 is 2.00 bits per heavy atom. The van der Waals surface area contributed by atoms with Gasteiger partial charge in [0.25, 0.3) is 0 Å². The van der Waals surface area contributed by atoms with Crippen LogP contribution in [-0.4, -0.2) is 41.6 Å². The predicted molar refractivity (Wildman–Crippen MR) is 64.8 cm³/mol. The largest absolute Gasteiger partial charge is 0.394 e. The van der Waals surface area contributed by atoms with E-state index in [4.69, 9.17) is 5.11 Å². The first-order valence-electron chi connectivity index (χ1n) is 5.16. The van der Waals surface area contributed by atoms with Gasteiger partial charge in [0.2, 0.25) is 6.43 Å². The van der Waals surface area contributed by atoms with Crippen LogP contribution in [-0.2, 0) is 0 Å². The molecule has 17 heavy (non-hydrogen) atoms. The second-order valence-electron chi connectivity index (χ2n) is 3.42. The highest BCUT2D eigenvalue weighted by atomic mass is 32.2. The molecular weight excluding hydrogens is 248 g/mol. The van der Waals surface area contributed by atoms with Crippen molar-refractivity contribution in [2.45, 2.75) is 17.4 Å². The van der Waals surface area contributed by atoms with Gasteiger partial charge in [0, 0.05) is 17.1 Å². The molecule has 3 nitrogen and oxygen atoms in total. The number of thioether (sulfide) groups is 1. The van der Waals surface area contributed by atoms with E-state index in [1.165, 1.54) is 0 Å². The van der Waals surface area contributed by atoms with E-state index in [2.05, 4.69) is 5.32 Å². The molecule has 0 aliphatic rings. The number of hydrogen-bond donors (Lipinski definition) is 3. The Bertz CT molecular complexity index is 339. The molecule has 0 spiro atoms. The molecule has 1 atom stereocenters. The number of nitrogens with one attached hydrogen (secondary N) is 1. The van der Waals surface area contributed by atoms with E-state index in [0.29, 0.717) is 10.6 Å². The van der Waals surface area contributed by atoms with Crippen molar-refractivity contribution in [1.82, 2.24) is 0 Å². The van der Waals surface area contributed by atoms with Crippen LogP contribution >= 0.6 is 11.8 Å². The lowest BCUT2D eigenvalue weighted by atomic mass is 10.3. The van der Waals surface area contributed by atoms with Crippen LogP contribution in [0.5, 0.6) is 0 Å². The van der Waals surface area contributed by atoms with Gasteiger partial charge >= 0.3 is 0 Å². The minimum atomic E-state index is -2.35. The van der Waals surface area contributed by atoms with E-state index in [0.717, 1.165) is 11.8 Å². The molecule has 0 bridgehead atoms. The number of para-hydroxylation sites is 1. The number of benzene rings is 1. The van der Waals surface area contributed by atoms with Gasteiger partial charge in [-0.2, -0.15) is 0 Å². The van der Waals surface area contributed by atoms with Crippen molar-refractivity contribution in [3.8, 4) is 0 Å². The highest BCUT2D eigenvalue weighted by molar-refractivity contribution is 7.99. The minimum Gasteiger partial charge on any atom is -0.394 e. The summed E-state index contributed by atoms with van der Waals surface area (Å²) in [6.45, 7) is -0.151. The summed E-state index contributed by atoms with van der Waals surface area (Å²) in [6, 6.07) is 7.03. The lowest BCUT2D eigenvalue weighted by molar-refractivity contribution is 0.105. The molecule has 1 rings (SSSR count). The van der Waals surface area contributed by atoms with Crippen molar-refractivity contribution in [2.75, 3.05) is 24.2 Å². The molecule has 3 N–H and O–H groups in total. The monoisotopic (exact) mass is 263 g/mol. The second-order valence-corrected chi connectivity index (χ2v) is 4.48. The maximum absolute atomic E-state index is 12.1. The first-order chi connectivity index (χ1) is 8.13. The van der Waals surface area contributed by atoms with Crippen LogP contribution in [0, 0.1) is 0 Å². The SMILES string of the molecule is OCC(O)CNc1ccccc1SCC(F)F. The molecule has 0 saturated carbocycles. The second kappa shape index (κ2) is 7.47. The maximum Gasteiger partial charge on any atom is 0.247 e. The van der Waals surface area contributed by atoms with Crippen LogP contribution < -0.4 is 5.32 Å². The molecule has 96 valence electrons. The Labute approximate surface area is 103 Å². The predicted octanol–water partition coefficient (Wildman–Crippen LogP) is 1.81. The van der Waals surface area contributed by atoms with Crippen LogP contribution in [0.2, 0.25) is 0 Å². The zero-order valence-corrected chi connectivity index (χ0v) is 9.96. The van der Waals surface area contributed by atoms with Crippen molar-refractivity contribution in [3.05, 3.63) is 24.3 Å². The molecule has 0 amide bonds. The van der Waals surface area contributed by atoms with E-state index in [1.807, 2.05) is 0 Å². The average Bonchev–Trinajstić information content (AvgIpc) is 2.34. The van der Waals surface area contributed by atoms with E-state index in [-0.39, 0.29) is 18.9 Å². The van der Waals surface area contributed by atoms with Gasteiger partial charge in [-0.05, 0) is 12.1 Å². The molecular formula is C11H15F2NO2S. The van der Waals surface area contributed by atoms with E-state index in [9.17, 15) is 13.9 Å². The highest BCUT2D eigenvalue weighted by Gasteiger charge is 2.08. The molecule has 0 aliphatic carbocycles. The Morgan fingerprint density at radius 3 is 2.65 bits per heavy atom. The Balaban J connectivity index is 2.57. The number of halogens is 2. The average molecular weight is 263 g/mol. The van der Waals surface area contributed by atoms with Gasteiger partial charge in [-0.25, -0.2) is 8.78 Å². The zero-order valence-electron chi connectivity index (χ0n) is 9.14. The van der Waals surface area contributed by atoms with Gasteiger partial charge < -0.3 is 15.5 Å². The third kappa shape index (κ3) is 5.34. The van der Waals surface area contributed by atoms with Crippen molar-refractivity contribution in [1.29, 1.82) is 0 Å². The smallest absolute Gasteiger partial charge is 0.247 e. The molecule has 1 unspecified atom stereocenters.